The Hall–Kier alpha value is -0.690. The van der Waals surface area contributed by atoms with Crippen molar-refractivity contribution in [2.45, 2.75) is 29.9 Å². The summed E-state index contributed by atoms with van der Waals surface area (Å²) in [6.45, 7) is 2.29. The Balaban J connectivity index is 1.96. The largest absolute Gasteiger partial charge is 0.119 e. The minimum Gasteiger partial charge on any atom is -0.119 e. The van der Waals surface area contributed by atoms with Gasteiger partial charge >= 0.3 is 0 Å². The van der Waals surface area contributed by atoms with Crippen molar-refractivity contribution in [3.05, 3.63) is 42.5 Å². The van der Waals surface area contributed by atoms with E-state index < -0.39 is 0 Å². The first-order valence-electron chi connectivity index (χ1n) is 5.24. The van der Waals surface area contributed by atoms with Gasteiger partial charge in [-0.05, 0) is 30.9 Å². The maximum absolute atomic E-state index is 2.37. The van der Waals surface area contributed by atoms with E-state index in [-0.39, 0.29) is 0 Å². The molecule has 0 nitrogen and oxygen atoms in total. The van der Waals surface area contributed by atoms with Crippen LogP contribution in [0.1, 0.15) is 19.8 Å². The molecule has 2 atom stereocenters. The quantitative estimate of drug-likeness (QED) is 0.653. The van der Waals surface area contributed by atoms with Crippen LogP contribution in [-0.2, 0) is 0 Å². The van der Waals surface area contributed by atoms with Gasteiger partial charge in [-0.15, -0.1) is 11.8 Å². The third-order valence-electron chi connectivity index (χ3n) is 2.59. The lowest BCUT2D eigenvalue weighted by Crippen LogP contribution is -2.07. The number of hydrogen-bond donors (Lipinski definition) is 0. The van der Waals surface area contributed by atoms with Crippen LogP contribution in [0.25, 0.3) is 0 Å². The van der Waals surface area contributed by atoms with Crippen molar-refractivity contribution in [1.29, 1.82) is 0 Å². The lowest BCUT2D eigenvalue weighted by Gasteiger charge is -2.19. The molecule has 1 aliphatic carbocycles. The summed E-state index contributed by atoms with van der Waals surface area (Å²) in [7, 11) is 0. The zero-order valence-corrected chi connectivity index (χ0v) is 9.34. The van der Waals surface area contributed by atoms with E-state index in [1.807, 2.05) is 11.8 Å². The summed E-state index contributed by atoms with van der Waals surface area (Å²) >= 11 is 1.98. The van der Waals surface area contributed by atoms with Crippen LogP contribution in [-0.4, -0.2) is 5.25 Å². The van der Waals surface area contributed by atoms with Gasteiger partial charge in [-0.1, -0.05) is 37.3 Å². The van der Waals surface area contributed by atoms with Crippen molar-refractivity contribution in [2.75, 3.05) is 0 Å². The first-order valence-corrected chi connectivity index (χ1v) is 6.12. The topological polar surface area (TPSA) is 0 Å². The highest BCUT2D eigenvalue weighted by molar-refractivity contribution is 8.00. The van der Waals surface area contributed by atoms with Gasteiger partial charge in [-0.2, -0.15) is 0 Å². The molecule has 2 rings (SSSR count). The van der Waals surface area contributed by atoms with Crippen molar-refractivity contribution in [3.63, 3.8) is 0 Å². The lowest BCUT2D eigenvalue weighted by molar-refractivity contribution is 0.591. The standard InChI is InChI=1S/C13H16S/c1-11-7-9-13(10-8-11)14-12-5-3-2-4-6-12/h2-7,9,11,13H,8,10H2,1H3/t11-,13?/m1/s1. The van der Waals surface area contributed by atoms with Crippen LogP contribution >= 0.6 is 11.8 Å². The van der Waals surface area contributed by atoms with Gasteiger partial charge < -0.3 is 0 Å². The smallest absolute Gasteiger partial charge is 0.0274 e. The highest BCUT2D eigenvalue weighted by Crippen LogP contribution is 2.31. The van der Waals surface area contributed by atoms with Gasteiger partial charge in [0.15, 0.2) is 0 Å². The van der Waals surface area contributed by atoms with Crippen LogP contribution in [0.3, 0.4) is 0 Å². The van der Waals surface area contributed by atoms with Crippen LogP contribution in [0, 0.1) is 5.92 Å². The molecule has 0 heterocycles. The van der Waals surface area contributed by atoms with E-state index in [1.165, 1.54) is 17.7 Å². The highest BCUT2D eigenvalue weighted by Gasteiger charge is 2.13. The molecule has 1 aliphatic rings. The number of hydrogen-bond acceptors (Lipinski definition) is 1. The molecule has 0 saturated heterocycles. The minimum absolute atomic E-state index is 0.689. The molecule has 0 spiro atoms. The number of thioether (sulfide) groups is 1. The number of allylic oxidation sites excluding steroid dienone is 1. The molecule has 0 bridgehead atoms. The zero-order valence-electron chi connectivity index (χ0n) is 8.52. The fraction of sp³-hybridized carbons (Fsp3) is 0.385. The van der Waals surface area contributed by atoms with E-state index in [1.54, 1.807) is 0 Å². The maximum atomic E-state index is 2.37. The summed E-state index contributed by atoms with van der Waals surface area (Å²) < 4.78 is 0. The second-order valence-electron chi connectivity index (χ2n) is 3.91. The Morgan fingerprint density at radius 1 is 1.07 bits per heavy atom. The van der Waals surface area contributed by atoms with Crippen LogP contribution < -0.4 is 0 Å². The lowest BCUT2D eigenvalue weighted by atomic mass is 9.98. The molecule has 0 radical (unpaired) electrons. The van der Waals surface area contributed by atoms with Gasteiger partial charge in [0.05, 0.1) is 0 Å². The number of rotatable bonds is 2. The molecule has 1 unspecified atom stereocenters. The van der Waals surface area contributed by atoms with Gasteiger partial charge in [-0.3, -0.25) is 0 Å². The molecule has 1 heteroatoms. The molecule has 1 aromatic rings. The van der Waals surface area contributed by atoms with Gasteiger partial charge in [0, 0.05) is 10.1 Å². The highest BCUT2D eigenvalue weighted by atomic mass is 32.2. The van der Waals surface area contributed by atoms with E-state index in [9.17, 15) is 0 Å². The summed E-state index contributed by atoms with van der Waals surface area (Å²) in [5, 5.41) is 0.689. The molecule has 0 amide bonds. The maximum Gasteiger partial charge on any atom is 0.0274 e. The SMILES string of the molecule is C[C@@H]1C=CC(Sc2ccccc2)CC1. The molecular formula is C13H16S. The fourth-order valence-corrected chi connectivity index (χ4v) is 2.79. The van der Waals surface area contributed by atoms with Gasteiger partial charge in [0.25, 0.3) is 0 Å². The molecule has 14 heavy (non-hydrogen) atoms. The van der Waals surface area contributed by atoms with Gasteiger partial charge in [0.2, 0.25) is 0 Å². The Morgan fingerprint density at radius 2 is 1.86 bits per heavy atom. The molecule has 74 valence electrons. The van der Waals surface area contributed by atoms with E-state index in [2.05, 4.69) is 49.4 Å². The van der Waals surface area contributed by atoms with Crippen LogP contribution in [0.4, 0.5) is 0 Å². The molecule has 0 fully saturated rings. The van der Waals surface area contributed by atoms with E-state index in [4.69, 9.17) is 0 Å². The monoisotopic (exact) mass is 204 g/mol. The van der Waals surface area contributed by atoms with Crippen LogP contribution in [0.5, 0.6) is 0 Å². The Morgan fingerprint density at radius 3 is 2.50 bits per heavy atom. The Bertz CT molecular complexity index is 302. The average molecular weight is 204 g/mol. The van der Waals surface area contributed by atoms with Gasteiger partial charge in [0.1, 0.15) is 0 Å². The summed E-state index contributed by atoms with van der Waals surface area (Å²) in [6, 6.07) is 10.7. The fourth-order valence-electron chi connectivity index (χ4n) is 1.71. The third-order valence-corrected chi connectivity index (χ3v) is 3.83. The molecule has 0 aromatic heterocycles. The molecule has 1 aromatic carbocycles. The van der Waals surface area contributed by atoms with Crippen molar-refractivity contribution >= 4 is 11.8 Å². The Kier molecular flexibility index (Phi) is 3.30. The Labute approximate surface area is 90.4 Å². The predicted molar refractivity (Wildman–Crippen MR) is 63.6 cm³/mol. The third kappa shape index (κ3) is 2.65. The summed E-state index contributed by atoms with van der Waals surface area (Å²) in [4.78, 5) is 1.39. The van der Waals surface area contributed by atoms with Crippen molar-refractivity contribution in [3.8, 4) is 0 Å². The summed E-state index contributed by atoms with van der Waals surface area (Å²) in [6.07, 6.45) is 7.37. The van der Waals surface area contributed by atoms with E-state index in [0.717, 1.165) is 5.92 Å². The van der Waals surface area contributed by atoms with E-state index >= 15 is 0 Å². The van der Waals surface area contributed by atoms with Crippen LogP contribution in [0.2, 0.25) is 0 Å². The van der Waals surface area contributed by atoms with Crippen molar-refractivity contribution in [1.82, 2.24) is 0 Å². The summed E-state index contributed by atoms with van der Waals surface area (Å²) in [5.41, 5.74) is 0. The van der Waals surface area contributed by atoms with Crippen molar-refractivity contribution in [2.24, 2.45) is 5.92 Å². The average Bonchev–Trinajstić information content (AvgIpc) is 2.23. The molecule has 0 saturated carbocycles. The molecular weight excluding hydrogens is 188 g/mol. The minimum atomic E-state index is 0.689. The molecule has 0 aliphatic heterocycles. The predicted octanol–water partition coefficient (Wildman–Crippen LogP) is 4.13. The second kappa shape index (κ2) is 4.70. The first kappa shape index (κ1) is 9.85. The summed E-state index contributed by atoms with van der Waals surface area (Å²) in [5.74, 6) is 0.780. The van der Waals surface area contributed by atoms with Crippen molar-refractivity contribution < 1.29 is 0 Å². The van der Waals surface area contributed by atoms with Gasteiger partial charge in [-0.25, -0.2) is 0 Å². The molecule has 0 N–H and O–H groups in total. The second-order valence-corrected chi connectivity index (χ2v) is 5.22. The normalized spacial score (nSPS) is 26.4. The number of benzene rings is 1. The van der Waals surface area contributed by atoms with E-state index in [0.29, 0.717) is 5.25 Å². The first-order chi connectivity index (χ1) is 6.84. The van der Waals surface area contributed by atoms with Crippen LogP contribution in [0.15, 0.2) is 47.4 Å². The zero-order chi connectivity index (χ0) is 9.80.